The Hall–Kier alpha value is -2.44. The van der Waals surface area contributed by atoms with Gasteiger partial charge in [-0.1, -0.05) is 0 Å². The van der Waals surface area contributed by atoms with Gasteiger partial charge in [0.05, 0.1) is 0 Å². The highest BCUT2D eigenvalue weighted by atomic mass is 16.2. The number of pyridine rings is 1. The Morgan fingerprint density at radius 1 is 1.42 bits per heavy atom. The van der Waals surface area contributed by atoms with Crippen LogP contribution in [0.1, 0.15) is 27.4 Å². The van der Waals surface area contributed by atoms with Gasteiger partial charge >= 0.3 is 0 Å². The fraction of sp³-hybridized carbons (Fsp3) is 0.333. The Bertz CT molecular complexity index is 630. The molecule has 1 amide bonds. The molecular formula is C12H15N5O2. The van der Waals surface area contributed by atoms with E-state index in [0.717, 1.165) is 5.69 Å². The van der Waals surface area contributed by atoms with Gasteiger partial charge in [0, 0.05) is 18.7 Å². The number of aromatic nitrogens is 4. The van der Waals surface area contributed by atoms with Gasteiger partial charge in [0.2, 0.25) is 0 Å². The number of aromatic amines is 2. The summed E-state index contributed by atoms with van der Waals surface area (Å²) in [5.74, 6) is 0.313. The van der Waals surface area contributed by atoms with Crippen molar-refractivity contribution in [2.45, 2.75) is 20.3 Å². The highest BCUT2D eigenvalue weighted by molar-refractivity contribution is 5.95. The molecule has 0 aromatic carbocycles. The Morgan fingerprint density at radius 3 is 2.84 bits per heavy atom. The third-order valence-corrected chi connectivity index (χ3v) is 2.70. The van der Waals surface area contributed by atoms with Crippen molar-refractivity contribution in [3.05, 3.63) is 45.4 Å². The van der Waals surface area contributed by atoms with Gasteiger partial charge in [-0.25, -0.2) is 4.98 Å². The quantitative estimate of drug-likeness (QED) is 0.725. The van der Waals surface area contributed by atoms with Gasteiger partial charge in [0.1, 0.15) is 17.7 Å². The van der Waals surface area contributed by atoms with Crippen LogP contribution in [0.3, 0.4) is 0 Å². The number of amides is 1. The lowest BCUT2D eigenvalue weighted by atomic mass is 10.1. The Kier molecular flexibility index (Phi) is 3.74. The second kappa shape index (κ2) is 5.47. The van der Waals surface area contributed by atoms with E-state index in [0.29, 0.717) is 24.4 Å². The summed E-state index contributed by atoms with van der Waals surface area (Å²) in [6, 6.07) is 1.77. The number of rotatable bonds is 4. The molecule has 2 aromatic heterocycles. The van der Waals surface area contributed by atoms with Crippen molar-refractivity contribution in [3.8, 4) is 0 Å². The minimum Gasteiger partial charge on any atom is -0.351 e. The van der Waals surface area contributed by atoms with E-state index in [4.69, 9.17) is 0 Å². The Morgan fingerprint density at radius 2 is 2.21 bits per heavy atom. The van der Waals surface area contributed by atoms with E-state index in [-0.39, 0.29) is 17.0 Å². The van der Waals surface area contributed by atoms with Crippen LogP contribution < -0.4 is 10.9 Å². The van der Waals surface area contributed by atoms with Crippen LogP contribution >= 0.6 is 0 Å². The predicted octanol–water partition coefficient (Wildman–Crippen LogP) is 0.0823. The minimum absolute atomic E-state index is 0.156. The number of nitrogens with zero attached hydrogens (tertiary/aromatic N) is 2. The van der Waals surface area contributed by atoms with Gasteiger partial charge in [-0.15, -0.1) is 0 Å². The van der Waals surface area contributed by atoms with Crippen LogP contribution in [-0.2, 0) is 6.42 Å². The first kappa shape index (κ1) is 13.0. The third kappa shape index (κ3) is 3.06. The first-order valence-electron chi connectivity index (χ1n) is 5.91. The topological polar surface area (TPSA) is 104 Å². The maximum atomic E-state index is 11.9. The van der Waals surface area contributed by atoms with Gasteiger partial charge in [-0.05, 0) is 25.5 Å². The number of nitrogens with one attached hydrogen (secondary N) is 3. The number of hydrogen-bond acceptors (Lipinski definition) is 4. The zero-order valence-electron chi connectivity index (χ0n) is 10.8. The van der Waals surface area contributed by atoms with E-state index in [1.165, 1.54) is 6.33 Å². The predicted molar refractivity (Wildman–Crippen MR) is 69.0 cm³/mol. The molecule has 3 N–H and O–H groups in total. The zero-order chi connectivity index (χ0) is 13.8. The first-order chi connectivity index (χ1) is 9.08. The second-order valence-electron chi connectivity index (χ2n) is 4.28. The first-order valence-corrected chi connectivity index (χ1v) is 5.91. The van der Waals surface area contributed by atoms with Crippen LogP contribution in [0, 0.1) is 13.8 Å². The van der Waals surface area contributed by atoms with Gasteiger partial charge in [-0.2, -0.15) is 5.10 Å². The summed E-state index contributed by atoms with van der Waals surface area (Å²) in [6.07, 6.45) is 1.94. The number of aryl methyl sites for hydroxylation is 2. The fourth-order valence-corrected chi connectivity index (χ4v) is 1.87. The van der Waals surface area contributed by atoms with Crippen molar-refractivity contribution in [1.29, 1.82) is 0 Å². The molecule has 0 atom stereocenters. The van der Waals surface area contributed by atoms with Gasteiger partial charge in [0.25, 0.3) is 11.5 Å². The number of hydrogen-bond donors (Lipinski definition) is 3. The largest absolute Gasteiger partial charge is 0.351 e. The molecule has 0 radical (unpaired) electrons. The van der Waals surface area contributed by atoms with Crippen molar-refractivity contribution in [3.63, 3.8) is 0 Å². The second-order valence-corrected chi connectivity index (χ2v) is 4.28. The number of carbonyl (C=O) groups is 1. The molecule has 0 aliphatic heterocycles. The molecule has 0 fully saturated rings. The zero-order valence-corrected chi connectivity index (χ0v) is 10.8. The maximum absolute atomic E-state index is 11.9. The lowest BCUT2D eigenvalue weighted by molar-refractivity contribution is 0.0952. The smallest absolute Gasteiger partial charge is 0.261 e. The lowest BCUT2D eigenvalue weighted by Crippen LogP contribution is -2.32. The molecular weight excluding hydrogens is 246 g/mol. The monoisotopic (exact) mass is 261 g/mol. The molecule has 7 heteroatoms. The number of H-pyrrole nitrogens is 2. The van der Waals surface area contributed by atoms with Crippen LogP contribution in [0.25, 0.3) is 0 Å². The van der Waals surface area contributed by atoms with Crippen molar-refractivity contribution in [2.75, 3.05) is 6.54 Å². The summed E-state index contributed by atoms with van der Waals surface area (Å²) in [5.41, 5.74) is 1.19. The van der Waals surface area contributed by atoms with Crippen molar-refractivity contribution >= 4 is 5.91 Å². The van der Waals surface area contributed by atoms with Crippen molar-refractivity contribution in [2.24, 2.45) is 0 Å². The molecule has 0 bridgehead atoms. The molecule has 19 heavy (non-hydrogen) atoms. The lowest BCUT2D eigenvalue weighted by Gasteiger charge is -2.06. The molecule has 0 unspecified atom stereocenters. The molecule has 2 heterocycles. The summed E-state index contributed by atoms with van der Waals surface area (Å²) in [4.78, 5) is 30.3. The third-order valence-electron chi connectivity index (χ3n) is 2.70. The number of carbonyl (C=O) groups excluding carboxylic acids is 1. The highest BCUT2D eigenvalue weighted by Crippen LogP contribution is 2.03. The van der Waals surface area contributed by atoms with Crippen LogP contribution in [0.5, 0.6) is 0 Å². The van der Waals surface area contributed by atoms with Gasteiger partial charge < -0.3 is 10.3 Å². The molecule has 7 nitrogen and oxygen atoms in total. The van der Waals surface area contributed by atoms with E-state index in [1.807, 2.05) is 0 Å². The molecule has 2 aromatic rings. The summed E-state index contributed by atoms with van der Waals surface area (Å²) in [6.45, 7) is 3.91. The molecule has 2 rings (SSSR count). The summed E-state index contributed by atoms with van der Waals surface area (Å²) >= 11 is 0. The van der Waals surface area contributed by atoms with E-state index in [1.54, 1.807) is 19.9 Å². The average Bonchev–Trinajstić information content (AvgIpc) is 2.80. The van der Waals surface area contributed by atoms with Crippen LogP contribution in [-0.4, -0.2) is 32.6 Å². The van der Waals surface area contributed by atoms with Gasteiger partial charge in [0.15, 0.2) is 0 Å². The molecule has 100 valence electrons. The van der Waals surface area contributed by atoms with E-state index in [9.17, 15) is 9.59 Å². The van der Waals surface area contributed by atoms with Crippen LogP contribution in [0.4, 0.5) is 0 Å². The van der Waals surface area contributed by atoms with Gasteiger partial charge in [-0.3, -0.25) is 14.7 Å². The Balaban J connectivity index is 2.02. The molecule has 0 saturated heterocycles. The summed E-state index contributed by atoms with van der Waals surface area (Å²) in [5, 5.41) is 9.10. The maximum Gasteiger partial charge on any atom is 0.261 e. The standard InChI is InChI=1S/C12H15N5O2/c1-7-5-8(2)16-12(19)10(7)11(18)13-4-3-9-14-6-15-17-9/h5-6H,3-4H2,1-2H3,(H,13,18)(H,16,19)(H,14,15,17). The van der Waals surface area contributed by atoms with Crippen LogP contribution in [0.15, 0.2) is 17.2 Å². The van der Waals surface area contributed by atoms with Crippen molar-refractivity contribution < 1.29 is 4.79 Å². The molecule has 0 aliphatic carbocycles. The van der Waals surface area contributed by atoms with Crippen LogP contribution in [0.2, 0.25) is 0 Å². The molecule has 0 spiro atoms. The molecule has 0 aliphatic rings. The summed E-state index contributed by atoms with van der Waals surface area (Å²) in [7, 11) is 0. The average molecular weight is 261 g/mol. The minimum atomic E-state index is -0.377. The van der Waals surface area contributed by atoms with E-state index >= 15 is 0 Å². The normalized spacial score (nSPS) is 10.4. The van der Waals surface area contributed by atoms with Crippen molar-refractivity contribution in [1.82, 2.24) is 25.5 Å². The highest BCUT2D eigenvalue weighted by Gasteiger charge is 2.13. The van der Waals surface area contributed by atoms with E-state index in [2.05, 4.69) is 25.5 Å². The fourth-order valence-electron chi connectivity index (χ4n) is 1.87. The Labute approximate surface area is 109 Å². The van der Waals surface area contributed by atoms with E-state index < -0.39 is 0 Å². The molecule has 0 saturated carbocycles. The SMILES string of the molecule is Cc1cc(C)c(C(=O)NCCc2ncn[nH]2)c(=O)[nH]1. The summed E-state index contributed by atoms with van der Waals surface area (Å²) < 4.78 is 0.